The van der Waals surface area contributed by atoms with Gasteiger partial charge >= 0.3 is 0 Å². The molecule has 0 aliphatic heterocycles. The van der Waals surface area contributed by atoms with Crippen LogP contribution in [0.15, 0.2) is 30.7 Å². The number of hydrogen-bond donors (Lipinski definition) is 2. The highest BCUT2D eigenvalue weighted by atomic mass is 15.0. The zero-order valence-electron chi connectivity index (χ0n) is 7.57. The molecule has 0 fully saturated rings. The summed E-state index contributed by atoms with van der Waals surface area (Å²) in [4.78, 5) is 11.0. The summed E-state index contributed by atoms with van der Waals surface area (Å²) < 4.78 is 0. The number of nitrogens with one attached hydrogen (secondary N) is 2. The molecule has 2 aromatic rings. The molecule has 2 rings (SSSR count). The van der Waals surface area contributed by atoms with E-state index in [1.54, 1.807) is 18.6 Å². The molecule has 14 heavy (non-hydrogen) atoms. The van der Waals surface area contributed by atoms with Crippen LogP contribution in [-0.4, -0.2) is 22.8 Å². The Morgan fingerprint density at radius 1 is 1.43 bits per heavy atom. The van der Waals surface area contributed by atoms with Crippen molar-refractivity contribution >= 4 is 19.3 Å². The Morgan fingerprint density at radius 3 is 3.07 bits per heavy atom. The van der Waals surface area contributed by atoms with Crippen molar-refractivity contribution in [3.63, 3.8) is 0 Å². The first-order valence-electron chi connectivity index (χ1n) is 4.28. The lowest BCUT2D eigenvalue weighted by Gasteiger charge is -2.03. The Kier molecular flexibility index (Phi) is 2.49. The molecule has 68 valence electrons. The van der Waals surface area contributed by atoms with Crippen molar-refractivity contribution in [3.05, 3.63) is 36.4 Å². The smallest absolute Gasteiger partial charge is 0.141 e. The van der Waals surface area contributed by atoms with Crippen LogP contribution in [0.25, 0.3) is 0 Å². The maximum Gasteiger partial charge on any atom is 0.141 e. The zero-order chi connectivity index (χ0) is 9.80. The van der Waals surface area contributed by atoms with Gasteiger partial charge in [0, 0.05) is 6.20 Å². The van der Waals surface area contributed by atoms with E-state index in [-0.39, 0.29) is 0 Å². The van der Waals surface area contributed by atoms with Crippen LogP contribution in [0.1, 0.15) is 5.69 Å². The highest BCUT2D eigenvalue weighted by Crippen LogP contribution is 2.00. The molecule has 2 heterocycles. The van der Waals surface area contributed by atoms with Gasteiger partial charge in [0.25, 0.3) is 0 Å². The predicted octanol–water partition coefficient (Wildman–Crippen LogP) is 0.211. The van der Waals surface area contributed by atoms with Crippen molar-refractivity contribution in [1.29, 1.82) is 0 Å². The number of nitrogens with zero attached hydrogens (tertiary/aromatic N) is 2. The van der Waals surface area contributed by atoms with Crippen molar-refractivity contribution in [2.24, 2.45) is 0 Å². The summed E-state index contributed by atoms with van der Waals surface area (Å²) in [6.45, 7) is 0.663. The number of imidazole rings is 1. The van der Waals surface area contributed by atoms with Gasteiger partial charge in [0.05, 0.1) is 18.6 Å². The molecule has 0 atom stereocenters. The third kappa shape index (κ3) is 2.13. The summed E-state index contributed by atoms with van der Waals surface area (Å²) in [5.41, 5.74) is 1.52. The minimum atomic E-state index is 0.514. The van der Waals surface area contributed by atoms with E-state index in [9.17, 15) is 0 Å². The minimum absolute atomic E-state index is 0.514. The molecule has 0 saturated heterocycles. The summed E-state index contributed by atoms with van der Waals surface area (Å²) in [6.07, 6.45) is 3.41. The van der Waals surface area contributed by atoms with E-state index in [0.29, 0.717) is 12.1 Å². The number of aromatic nitrogens is 3. The highest BCUT2D eigenvalue weighted by Gasteiger charge is 1.95. The molecule has 0 saturated carbocycles. The van der Waals surface area contributed by atoms with Gasteiger partial charge in [0.1, 0.15) is 13.7 Å². The minimum Gasteiger partial charge on any atom is -0.364 e. The molecule has 5 heteroatoms. The van der Waals surface area contributed by atoms with Crippen LogP contribution < -0.4 is 10.9 Å². The fraction of sp³-hybridized carbons (Fsp3) is 0.111. The average Bonchev–Trinajstić information content (AvgIpc) is 2.67. The Balaban J connectivity index is 1.98. The van der Waals surface area contributed by atoms with Crippen LogP contribution >= 0.6 is 0 Å². The number of H-pyrrole nitrogens is 1. The fourth-order valence-electron chi connectivity index (χ4n) is 1.12. The predicted molar refractivity (Wildman–Crippen MR) is 55.5 cm³/mol. The van der Waals surface area contributed by atoms with Gasteiger partial charge in [-0.1, -0.05) is 12.1 Å². The monoisotopic (exact) mass is 184 g/mol. The lowest BCUT2D eigenvalue weighted by Crippen LogP contribution is -2.11. The Hall–Kier alpha value is -1.78. The van der Waals surface area contributed by atoms with Gasteiger partial charge in [-0.25, -0.2) is 9.97 Å². The van der Waals surface area contributed by atoms with Gasteiger partial charge in [-0.3, -0.25) is 0 Å². The molecular formula is C9H9BN4. The van der Waals surface area contributed by atoms with E-state index in [0.717, 1.165) is 11.5 Å². The van der Waals surface area contributed by atoms with Crippen LogP contribution in [0.5, 0.6) is 0 Å². The number of anilines is 1. The molecule has 2 N–H and O–H groups in total. The second-order valence-electron chi connectivity index (χ2n) is 2.88. The largest absolute Gasteiger partial charge is 0.364 e. The SMILES string of the molecule is [B]c1cccc(NCc2cnc[nH]2)n1. The lowest BCUT2D eigenvalue weighted by atomic mass is 10.0. The van der Waals surface area contributed by atoms with Gasteiger partial charge in [-0.15, -0.1) is 0 Å². The van der Waals surface area contributed by atoms with E-state index in [1.807, 2.05) is 12.1 Å². The molecule has 0 bridgehead atoms. The van der Waals surface area contributed by atoms with Gasteiger partial charge in [0.2, 0.25) is 0 Å². The van der Waals surface area contributed by atoms with E-state index < -0.39 is 0 Å². The van der Waals surface area contributed by atoms with Gasteiger partial charge in [-0.05, 0) is 11.7 Å². The van der Waals surface area contributed by atoms with Crippen molar-refractivity contribution in [2.75, 3.05) is 5.32 Å². The Morgan fingerprint density at radius 2 is 2.36 bits per heavy atom. The van der Waals surface area contributed by atoms with Crippen molar-refractivity contribution in [3.8, 4) is 0 Å². The van der Waals surface area contributed by atoms with Crippen LogP contribution in [0, 0.1) is 0 Å². The summed E-state index contributed by atoms with van der Waals surface area (Å²) in [7, 11) is 5.54. The van der Waals surface area contributed by atoms with E-state index >= 15 is 0 Å². The molecule has 0 aliphatic rings. The fourth-order valence-corrected chi connectivity index (χ4v) is 1.12. The molecular weight excluding hydrogens is 175 g/mol. The first kappa shape index (κ1) is 8.81. The number of hydrogen-bond acceptors (Lipinski definition) is 3. The summed E-state index contributed by atoms with van der Waals surface area (Å²) in [5, 5.41) is 3.13. The summed E-state index contributed by atoms with van der Waals surface area (Å²) in [5.74, 6) is 0.764. The summed E-state index contributed by atoms with van der Waals surface area (Å²) >= 11 is 0. The zero-order valence-corrected chi connectivity index (χ0v) is 7.57. The third-order valence-electron chi connectivity index (χ3n) is 1.79. The standard InChI is InChI=1S/C9H9BN4/c10-8-2-1-3-9(14-8)12-5-7-4-11-6-13-7/h1-4,6H,5H2,(H,11,13)(H,12,14). The van der Waals surface area contributed by atoms with Crippen LogP contribution in [0.3, 0.4) is 0 Å². The first-order valence-corrected chi connectivity index (χ1v) is 4.28. The maximum atomic E-state index is 5.54. The topological polar surface area (TPSA) is 53.6 Å². The Bertz CT molecular complexity index is 399. The Labute approximate surface area is 83.2 Å². The lowest BCUT2D eigenvalue weighted by molar-refractivity contribution is 1.06. The molecule has 2 aromatic heterocycles. The maximum absolute atomic E-state index is 5.54. The second-order valence-corrected chi connectivity index (χ2v) is 2.88. The van der Waals surface area contributed by atoms with Crippen LogP contribution in [-0.2, 0) is 6.54 Å². The van der Waals surface area contributed by atoms with Crippen molar-refractivity contribution in [1.82, 2.24) is 15.0 Å². The van der Waals surface area contributed by atoms with Crippen molar-refractivity contribution < 1.29 is 0 Å². The van der Waals surface area contributed by atoms with Crippen LogP contribution in [0.4, 0.5) is 5.82 Å². The molecule has 0 aromatic carbocycles. The van der Waals surface area contributed by atoms with Gasteiger partial charge in [0.15, 0.2) is 0 Å². The number of rotatable bonds is 3. The third-order valence-corrected chi connectivity index (χ3v) is 1.79. The summed E-state index contributed by atoms with van der Waals surface area (Å²) in [6, 6.07) is 5.48. The highest BCUT2D eigenvalue weighted by molar-refractivity contribution is 6.30. The van der Waals surface area contributed by atoms with Crippen molar-refractivity contribution in [2.45, 2.75) is 6.54 Å². The molecule has 0 amide bonds. The average molecular weight is 184 g/mol. The molecule has 0 unspecified atom stereocenters. The molecule has 0 spiro atoms. The molecule has 2 radical (unpaired) electrons. The molecule has 0 aliphatic carbocycles. The van der Waals surface area contributed by atoms with E-state index in [1.165, 1.54) is 0 Å². The van der Waals surface area contributed by atoms with E-state index in [4.69, 9.17) is 7.85 Å². The molecule has 4 nitrogen and oxygen atoms in total. The van der Waals surface area contributed by atoms with Gasteiger partial charge < -0.3 is 10.3 Å². The normalized spacial score (nSPS) is 10.0. The first-order chi connectivity index (χ1) is 6.84. The quantitative estimate of drug-likeness (QED) is 0.670. The van der Waals surface area contributed by atoms with Crippen LogP contribution in [0.2, 0.25) is 0 Å². The number of pyridine rings is 1. The van der Waals surface area contributed by atoms with E-state index in [2.05, 4.69) is 20.3 Å². The van der Waals surface area contributed by atoms with Gasteiger partial charge in [-0.2, -0.15) is 0 Å². The second kappa shape index (κ2) is 3.96. The number of aromatic amines is 1.